The van der Waals surface area contributed by atoms with Crippen LogP contribution >= 0.6 is 11.8 Å². The Morgan fingerprint density at radius 1 is 1.32 bits per heavy atom. The lowest BCUT2D eigenvalue weighted by Crippen LogP contribution is -2.39. The lowest BCUT2D eigenvalue weighted by Gasteiger charge is -2.36. The van der Waals surface area contributed by atoms with Crippen molar-refractivity contribution in [1.82, 2.24) is 10.3 Å². The zero-order valence-electron chi connectivity index (χ0n) is 11.9. The molecule has 1 saturated carbocycles. The normalized spacial score (nSPS) is 18.2. The van der Waals surface area contributed by atoms with E-state index in [2.05, 4.69) is 22.6 Å². The van der Waals surface area contributed by atoms with Crippen LogP contribution < -0.4 is 10.1 Å². The molecule has 1 aromatic rings. The molecule has 0 aliphatic heterocycles. The molecule has 0 spiro atoms. The highest BCUT2D eigenvalue weighted by Gasteiger charge is 2.30. The maximum atomic E-state index is 5.07. The minimum absolute atomic E-state index is 0.456. The van der Waals surface area contributed by atoms with Gasteiger partial charge in [-0.1, -0.05) is 25.3 Å². The molecule has 0 bridgehead atoms. The third kappa shape index (κ3) is 4.11. The SMILES string of the molecule is COc1ccc(CNCC2(SC)CCCCC2)cn1. The van der Waals surface area contributed by atoms with E-state index in [9.17, 15) is 0 Å². The van der Waals surface area contributed by atoms with E-state index < -0.39 is 0 Å². The van der Waals surface area contributed by atoms with Gasteiger partial charge in [0.2, 0.25) is 5.88 Å². The fourth-order valence-corrected chi connectivity index (χ4v) is 3.66. The van der Waals surface area contributed by atoms with Gasteiger partial charge in [0.15, 0.2) is 0 Å². The van der Waals surface area contributed by atoms with Crippen molar-refractivity contribution in [3.8, 4) is 5.88 Å². The summed E-state index contributed by atoms with van der Waals surface area (Å²) in [7, 11) is 1.64. The average molecular weight is 280 g/mol. The second kappa shape index (κ2) is 7.15. The van der Waals surface area contributed by atoms with Crippen LogP contribution in [0, 0.1) is 0 Å². The van der Waals surface area contributed by atoms with Gasteiger partial charge < -0.3 is 10.1 Å². The van der Waals surface area contributed by atoms with Crippen LogP contribution in [0.3, 0.4) is 0 Å². The predicted molar refractivity (Wildman–Crippen MR) is 81.8 cm³/mol. The van der Waals surface area contributed by atoms with Crippen molar-refractivity contribution in [3.05, 3.63) is 23.9 Å². The van der Waals surface area contributed by atoms with Gasteiger partial charge in [0.25, 0.3) is 0 Å². The molecular weight excluding hydrogens is 256 g/mol. The highest BCUT2D eigenvalue weighted by molar-refractivity contribution is 8.00. The number of hydrogen-bond acceptors (Lipinski definition) is 4. The molecule has 1 N–H and O–H groups in total. The number of rotatable bonds is 6. The number of ether oxygens (including phenoxy) is 1. The Morgan fingerprint density at radius 3 is 2.68 bits per heavy atom. The number of nitrogens with one attached hydrogen (secondary N) is 1. The largest absolute Gasteiger partial charge is 0.481 e. The van der Waals surface area contributed by atoms with E-state index in [1.807, 2.05) is 24.0 Å². The van der Waals surface area contributed by atoms with Gasteiger partial charge in [-0.2, -0.15) is 11.8 Å². The van der Waals surface area contributed by atoms with Gasteiger partial charge in [0.1, 0.15) is 0 Å². The second-order valence-electron chi connectivity index (χ2n) is 5.26. The number of aromatic nitrogens is 1. The van der Waals surface area contributed by atoms with Gasteiger partial charge in [-0.05, 0) is 24.7 Å². The molecule has 1 fully saturated rings. The lowest BCUT2D eigenvalue weighted by molar-refractivity contribution is 0.379. The Balaban J connectivity index is 1.81. The first-order chi connectivity index (χ1) is 9.28. The lowest BCUT2D eigenvalue weighted by atomic mass is 9.88. The van der Waals surface area contributed by atoms with Crippen molar-refractivity contribution in [3.63, 3.8) is 0 Å². The Morgan fingerprint density at radius 2 is 2.11 bits per heavy atom. The molecule has 1 aliphatic rings. The van der Waals surface area contributed by atoms with Crippen LogP contribution in [-0.4, -0.2) is 29.6 Å². The molecule has 0 atom stereocenters. The maximum Gasteiger partial charge on any atom is 0.212 e. The van der Waals surface area contributed by atoms with Gasteiger partial charge in [0.05, 0.1) is 7.11 Å². The molecule has 0 unspecified atom stereocenters. The molecule has 0 radical (unpaired) electrons. The first-order valence-electron chi connectivity index (χ1n) is 7.03. The molecule has 4 heteroatoms. The van der Waals surface area contributed by atoms with Crippen LogP contribution in [0.4, 0.5) is 0 Å². The summed E-state index contributed by atoms with van der Waals surface area (Å²) in [5.74, 6) is 0.677. The fourth-order valence-electron chi connectivity index (χ4n) is 2.72. The summed E-state index contributed by atoms with van der Waals surface area (Å²) >= 11 is 2.04. The van der Waals surface area contributed by atoms with Crippen molar-refractivity contribution in [2.75, 3.05) is 19.9 Å². The highest BCUT2D eigenvalue weighted by Crippen LogP contribution is 2.37. The molecule has 0 amide bonds. The smallest absolute Gasteiger partial charge is 0.212 e. The molecule has 1 aliphatic carbocycles. The number of nitrogens with zero attached hydrogens (tertiary/aromatic N) is 1. The Bertz CT molecular complexity index is 374. The highest BCUT2D eigenvalue weighted by atomic mass is 32.2. The summed E-state index contributed by atoms with van der Waals surface area (Å²) < 4.78 is 5.52. The Labute approximate surface area is 120 Å². The number of pyridine rings is 1. The molecular formula is C15H24N2OS. The molecule has 19 heavy (non-hydrogen) atoms. The van der Waals surface area contributed by atoms with Gasteiger partial charge >= 0.3 is 0 Å². The molecule has 0 saturated heterocycles. The van der Waals surface area contributed by atoms with Crippen molar-refractivity contribution in [1.29, 1.82) is 0 Å². The van der Waals surface area contributed by atoms with Gasteiger partial charge in [-0.15, -0.1) is 0 Å². The number of methoxy groups -OCH3 is 1. The summed E-state index contributed by atoms with van der Waals surface area (Å²) in [6.45, 7) is 1.99. The number of thioether (sulfide) groups is 1. The molecule has 106 valence electrons. The quantitative estimate of drug-likeness (QED) is 0.867. The zero-order valence-corrected chi connectivity index (χ0v) is 12.8. The topological polar surface area (TPSA) is 34.1 Å². The summed E-state index contributed by atoms with van der Waals surface area (Å²) in [6.07, 6.45) is 11.0. The third-order valence-electron chi connectivity index (χ3n) is 3.98. The van der Waals surface area contributed by atoms with E-state index in [0.717, 1.165) is 13.1 Å². The van der Waals surface area contributed by atoms with Crippen LogP contribution in [0.5, 0.6) is 5.88 Å². The van der Waals surface area contributed by atoms with Crippen molar-refractivity contribution < 1.29 is 4.74 Å². The third-order valence-corrected chi connectivity index (χ3v) is 5.40. The summed E-state index contributed by atoms with van der Waals surface area (Å²) in [5, 5.41) is 3.60. The van der Waals surface area contributed by atoms with Crippen LogP contribution in [0.1, 0.15) is 37.7 Å². The van der Waals surface area contributed by atoms with Crippen molar-refractivity contribution >= 4 is 11.8 Å². The average Bonchev–Trinajstić information content (AvgIpc) is 2.49. The predicted octanol–water partition coefficient (Wildman–Crippen LogP) is 3.25. The number of hydrogen-bond donors (Lipinski definition) is 1. The summed E-state index contributed by atoms with van der Waals surface area (Å²) in [4.78, 5) is 4.23. The molecule has 3 nitrogen and oxygen atoms in total. The first-order valence-corrected chi connectivity index (χ1v) is 8.25. The van der Waals surface area contributed by atoms with E-state index in [1.54, 1.807) is 7.11 Å². The zero-order chi connectivity index (χ0) is 13.6. The van der Waals surface area contributed by atoms with E-state index in [-0.39, 0.29) is 0 Å². The van der Waals surface area contributed by atoms with Gasteiger partial charge in [0, 0.05) is 30.1 Å². The Hall–Kier alpha value is -0.740. The maximum absolute atomic E-state index is 5.07. The van der Waals surface area contributed by atoms with Crippen LogP contribution in [0.15, 0.2) is 18.3 Å². The second-order valence-corrected chi connectivity index (χ2v) is 6.53. The first kappa shape index (κ1) is 14.7. The van der Waals surface area contributed by atoms with Crippen LogP contribution in [0.25, 0.3) is 0 Å². The minimum atomic E-state index is 0.456. The van der Waals surface area contributed by atoms with Gasteiger partial charge in [-0.3, -0.25) is 0 Å². The van der Waals surface area contributed by atoms with Crippen molar-refractivity contribution in [2.24, 2.45) is 0 Å². The molecule has 1 aromatic heterocycles. The van der Waals surface area contributed by atoms with Crippen molar-refractivity contribution in [2.45, 2.75) is 43.4 Å². The minimum Gasteiger partial charge on any atom is -0.481 e. The summed E-state index contributed by atoms with van der Waals surface area (Å²) in [5.41, 5.74) is 1.22. The monoisotopic (exact) mass is 280 g/mol. The van der Waals surface area contributed by atoms with Crippen LogP contribution in [0.2, 0.25) is 0 Å². The Kier molecular flexibility index (Phi) is 5.52. The van der Waals surface area contributed by atoms with Gasteiger partial charge in [-0.25, -0.2) is 4.98 Å². The molecule has 1 heterocycles. The van der Waals surface area contributed by atoms with E-state index in [4.69, 9.17) is 4.74 Å². The van der Waals surface area contributed by atoms with E-state index in [1.165, 1.54) is 37.7 Å². The molecule has 2 rings (SSSR count). The van der Waals surface area contributed by atoms with E-state index >= 15 is 0 Å². The molecule has 0 aromatic carbocycles. The standard InChI is InChI=1S/C15H24N2OS/c1-18-14-7-6-13(11-17-14)10-16-12-15(19-2)8-4-3-5-9-15/h6-7,11,16H,3-5,8-10,12H2,1-2H3. The van der Waals surface area contributed by atoms with E-state index in [0.29, 0.717) is 10.6 Å². The van der Waals surface area contributed by atoms with Crippen LogP contribution in [-0.2, 0) is 6.54 Å². The summed E-state index contributed by atoms with van der Waals surface area (Å²) in [6, 6.07) is 3.99. The fraction of sp³-hybridized carbons (Fsp3) is 0.667.